The molecular formula is C16H24N4O4. The number of hydrogen-bond donors (Lipinski definition) is 2. The van der Waals surface area contributed by atoms with Crippen LogP contribution in [0.4, 0.5) is 0 Å². The Kier molecular flexibility index (Phi) is 12.5. The van der Waals surface area contributed by atoms with Crippen molar-refractivity contribution in [1.82, 2.24) is 0 Å². The van der Waals surface area contributed by atoms with Gasteiger partial charge in [0.25, 0.3) is 0 Å². The van der Waals surface area contributed by atoms with Crippen LogP contribution in [0.15, 0.2) is 34.5 Å². The minimum Gasteiger partial charge on any atom is -0.478 e. The first-order valence-corrected chi connectivity index (χ1v) is 6.66. The predicted molar refractivity (Wildman–Crippen MR) is 89.1 cm³/mol. The van der Waals surface area contributed by atoms with Crippen LogP contribution in [0.1, 0.15) is 41.5 Å². The van der Waals surface area contributed by atoms with E-state index in [4.69, 9.17) is 20.7 Å². The highest BCUT2D eigenvalue weighted by Gasteiger charge is 2.19. The van der Waals surface area contributed by atoms with Gasteiger partial charge in [0.2, 0.25) is 0 Å². The van der Waals surface area contributed by atoms with Gasteiger partial charge in [-0.05, 0) is 41.5 Å². The number of aliphatic carboxylic acids is 2. The van der Waals surface area contributed by atoms with Crippen molar-refractivity contribution in [2.24, 2.45) is 10.2 Å². The van der Waals surface area contributed by atoms with E-state index in [1.165, 1.54) is 13.8 Å². The number of carboxylic acid groups (broad SMARTS) is 2. The molecule has 0 spiro atoms. The molecule has 0 aromatic heterocycles. The maximum atomic E-state index is 9.60. The second-order valence-electron chi connectivity index (χ2n) is 5.71. The fraction of sp³-hybridized carbons (Fsp3) is 0.500. The Labute approximate surface area is 142 Å². The van der Waals surface area contributed by atoms with Gasteiger partial charge < -0.3 is 10.2 Å². The number of carboxylic acids is 2. The van der Waals surface area contributed by atoms with Crippen LogP contribution in [0, 0.1) is 22.7 Å². The summed E-state index contributed by atoms with van der Waals surface area (Å²) in [4.78, 5) is 19.2. The van der Waals surface area contributed by atoms with Crippen molar-refractivity contribution in [2.75, 3.05) is 0 Å². The van der Waals surface area contributed by atoms with E-state index in [9.17, 15) is 9.59 Å². The van der Waals surface area contributed by atoms with E-state index < -0.39 is 23.0 Å². The third-order valence-electron chi connectivity index (χ3n) is 1.83. The maximum absolute atomic E-state index is 9.60. The molecule has 2 N–H and O–H groups in total. The van der Waals surface area contributed by atoms with Crippen molar-refractivity contribution in [3.8, 4) is 12.1 Å². The fourth-order valence-corrected chi connectivity index (χ4v) is 0.295. The largest absolute Gasteiger partial charge is 0.478 e. The summed E-state index contributed by atoms with van der Waals surface area (Å²) in [6, 6.07) is 3.94. The van der Waals surface area contributed by atoms with E-state index in [-0.39, 0.29) is 11.1 Å². The van der Waals surface area contributed by atoms with Crippen LogP contribution in [0.25, 0.3) is 0 Å². The smallest absolute Gasteiger partial charge is 0.330 e. The molecule has 0 amide bonds. The molecule has 0 aliphatic carbocycles. The van der Waals surface area contributed by atoms with E-state index in [0.29, 0.717) is 0 Å². The van der Waals surface area contributed by atoms with Crippen molar-refractivity contribution in [3.05, 3.63) is 24.3 Å². The molecule has 0 radical (unpaired) electrons. The Morgan fingerprint density at radius 3 is 1.08 bits per heavy atom. The lowest BCUT2D eigenvalue weighted by Crippen LogP contribution is -2.17. The first kappa shape index (κ1) is 25.9. The minimum absolute atomic E-state index is 0.176. The van der Waals surface area contributed by atoms with Crippen LogP contribution in [0.5, 0.6) is 0 Å². The third kappa shape index (κ3) is 19.0. The van der Waals surface area contributed by atoms with Gasteiger partial charge in [-0.15, -0.1) is 0 Å². The summed E-state index contributed by atoms with van der Waals surface area (Å²) in [6.07, 6.45) is 0. The average molecular weight is 336 g/mol. The molecule has 0 aliphatic heterocycles. The summed E-state index contributed by atoms with van der Waals surface area (Å²) in [5, 5.41) is 40.5. The Morgan fingerprint density at radius 1 is 0.833 bits per heavy atom. The highest BCUT2D eigenvalue weighted by atomic mass is 16.4. The molecule has 8 heteroatoms. The Morgan fingerprint density at radius 2 is 1.00 bits per heavy atom. The van der Waals surface area contributed by atoms with Gasteiger partial charge in [0.15, 0.2) is 11.1 Å². The lowest BCUT2D eigenvalue weighted by Gasteiger charge is -2.11. The summed E-state index contributed by atoms with van der Waals surface area (Å²) in [7, 11) is 0. The van der Waals surface area contributed by atoms with Crippen LogP contribution in [0.2, 0.25) is 0 Å². The number of nitriles is 2. The molecule has 0 aromatic carbocycles. The lowest BCUT2D eigenvalue weighted by atomic mass is 10.1. The number of rotatable bonds is 4. The molecule has 24 heavy (non-hydrogen) atoms. The van der Waals surface area contributed by atoms with Crippen LogP contribution in [-0.4, -0.2) is 33.2 Å². The Balaban J connectivity index is -0.000000309. The summed E-state index contributed by atoms with van der Waals surface area (Å²) in [5.74, 6) is -1.87. The van der Waals surface area contributed by atoms with Crippen LogP contribution in [-0.2, 0) is 9.59 Å². The second-order valence-corrected chi connectivity index (χ2v) is 5.71. The number of carbonyl (C=O) groups is 2. The van der Waals surface area contributed by atoms with Gasteiger partial charge in [-0.1, -0.05) is 13.2 Å². The van der Waals surface area contributed by atoms with Crippen molar-refractivity contribution < 1.29 is 19.8 Å². The molecule has 0 bridgehead atoms. The molecule has 0 fully saturated rings. The van der Waals surface area contributed by atoms with Gasteiger partial charge in [0, 0.05) is 11.1 Å². The van der Waals surface area contributed by atoms with Crippen molar-refractivity contribution >= 4 is 11.9 Å². The second kappa shape index (κ2) is 11.6. The van der Waals surface area contributed by atoms with Crippen LogP contribution in [0.3, 0.4) is 0 Å². The monoisotopic (exact) mass is 336 g/mol. The summed E-state index contributed by atoms with van der Waals surface area (Å²) in [6.45, 7) is 15.8. The van der Waals surface area contributed by atoms with E-state index >= 15 is 0 Å². The van der Waals surface area contributed by atoms with E-state index in [1.807, 2.05) is 12.1 Å². The van der Waals surface area contributed by atoms with E-state index in [0.717, 1.165) is 0 Å². The summed E-state index contributed by atoms with van der Waals surface area (Å²) >= 11 is 0. The predicted octanol–water partition coefficient (Wildman–Crippen LogP) is 3.34. The zero-order chi connectivity index (χ0) is 20.1. The third-order valence-corrected chi connectivity index (χ3v) is 1.83. The van der Waals surface area contributed by atoms with Gasteiger partial charge in [-0.3, -0.25) is 0 Å². The van der Waals surface area contributed by atoms with Gasteiger partial charge in [0.1, 0.15) is 0 Å². The molecule has 0 aromatic rings. The number of hydrogen-bond acceptors (Lipinski definition) is 6. The SMILES string of the molecule is C=C(C)C(=O)O.C=C(C)C(=O)O.CC(C)(C#N)N=NC(C)(C)C#N. The first-order valence-electron chi connectivity index (χ1n) is 6.66. The maximum Gasteiger partial charge on any atom is 0.330 e. The zero-order valence-electron chi connectivity index (χ0n) is 14.9. The van der Waals surface area contributed by atoms with Crippen LogP contribution < -0.4 is 0 Å². The highest BCUT2D eigenvalue weighted by Crippen LogP contribution is 2.13. The van der Waals surface area contributed by atoms with Crippen molar-refractivity contribution in [3.63, 3.8) is 0 Å². The van der Waals surface area contributed by atoms with E-state index in [2.05, 4.69) is 23.4 Å². The Hall–Kier alpha value is -3.00. The molecular weight excluding hydrogens is 312 g/mol. The van der Waals surface area contributed by atoms with Crippen LogP contribution >= 0.6 is 0 Å². The molecule has 0 atom stereocenters. The van der Waals surface area contributed by atoms with Gasteiger partial charge >= 0.3 is 11.9 Å². The number of azo groups is 1. The minimum atomic E-state index is -0.935. The highest BCUT2D eigenvalue weighted by molar-refractivity contribution is 5.85. The molecule has 132 valence electrons. The zero-order valence-corrected chi connectivity index (χ0v) is 14.9. The van der Waals surface area contributed by atoms with Crippen molar-refractivity contribution in [1.29, 1.82) is 10.5 Å². The average Bonchev–Trinajstić information content (AvgIpc) is 2.46. The molecule has 0 rings (SSSR count). The van der Waals surface area contributed by atoms with Gasteiger partial charge in [-0.2, -0.15) is 20.8 Å². The normalized spacial score (nSPS) is 10.0. The molecule has 8 nitrogen and oxygen atoms in total. The first-order chi connectivity index (χ1) is 10.6. The molecule has 0 unspecified atom stereocenters. The van der Waals surface area contributed by atoms with Crippen molar-refractivity contribution in [2.45, 2.75) is 52.6 Å². The molecule has 0 saturated heterocycles. The lowest BCUT2D eigenvalue weighted by molar-refractivity contribution is -0.133. The standard InChI is InChI=1S/C8H12N4.2C4H6O2/c1-7(2,5-9)11-12-8(3,4)6-10;2*1-3(2)4(5)6/h1-4H3;2*1H2,2H3,(H,5,6). The molecule has 0 heterocycles. The quantitative estimate of drug-likeness (QED) is 0.594. The van der Waals surface area contributed by atoms with E-state index in [1.54, 1.807) is 27.7 Å². The summed E-state index contributed by atoms with van der Waals surface area (Å²) < 4.78 is 0. The number of nitrogens with zero attached hydrogens (tertiary/aromatic N) is 4. The summed E-state index contributed by atoms with van der Waals surface area (Å²) in [5.41, 5.74) is -1.33. The topological polar surface area (TPSA) is 147 Å². The Bertz CT molecular complexity index is 514. The van der Waals surface area contributed by atoms with Gasteiger partial charge in [0.05, 0.1) is 12.1 Å². The fourth-order valence-electron chi connectivity index (χ4n) is 0.295. The molecule has 0 saturated carbocycles. The molecule has 0 aliphatic rings. The van der Waals surface area contributed by atoms with Gasteiger partial charge in [-0.25, -0.2) is 9.59 Å².